The summed E-state index contributed by atoms with van der Waals surface area (Å²) in [5.41, 5.74) is 2.61. The molecule has 1 aliphatic carbocycles. The second-order valence-corrected chi connectivity index (χ2v) is 4.85. The van der Waals surface area contributed by atoms with E-state index in [4.69, 9.17) is 14.7 Å². The Bertz CT molecular complexity index is 413. The zero-order valence-corrected chi connectivity index (χ0v) is 10.3. The number of anilines is 1. The third kappa shape index (κ3) is 2.02. The van der Waals surface area contributed by atoms with Gasteiger partial charge in [-0.2, -0.15) is 0 Å². The minimum absolute atomic E-state index is 0.488. The van der Waals surface area contributed by atoms with Gasteiger partial charge in [-0.3, -0.25) is 0 Å². The maximum Gasteiger partial charge on any atom is 0.134 e. The summed E-state index contributed by atoms with van der Waals surface area (Å²) in [5.74, 6) is 2.56. The van der Waals surface area contributed by atoms with Crippen LogP contribution in [0.2, 0.25) is 0 Å². The van der Waals surface area contributed by atoms with E-state index in [1.807, 2.05) is 7.05 Å². The first-order valence-corrected chi connectivity index (χ1v) is 6.53. The monoisotopic (exact) mass is 233 g/mol. The molecule has 1 N–H and O–H groups in total. The van der Waals surface area contributed by atoms with Gasteiger partial charge in [0.15, 0.2) is 0 Å². The summed E-state index contributed by atoms with van der Waals surface area (Å²) in [6.07, 6.45) is 5.57. The normalized spacial score (nSPS) is 20.3. The summed E-state index contributed by atoms with van der Waals surface area (Å²) in [6, 6.07) is 0. The van der Waals surface area contributed by atoms with Crippen LogP contribution in [0.15, 0.2) is 0 Å². The number of hydrogen-bond acceptors (Lipinski definition) is 4. The van der Waals surface area contributed by atoms with Crippen LogP contribution >= 0.6 is 0 Å². The number of rotatable bonds is 2. The third-order valence-corrected chi connectivity index (χ3v) is 3.77. The number of nitrogens with one attached hydrogen (secondary N) is 1. The Kier molecular flexibility index (Phi) is 2.97. The van der Waals surface area contributed by atoms with E-state index in [0.29, 0.717) is 5.92 Å². The molecule has 1 saturated heterocycles. The SMILES string of the molecule is CNc1nc(C2CCOCC2)nc2c1CCC2. The molecule has 0 spiro atoms. The molecule has 2 aliphatic rings. The van der Waals surface area contributed by atoms with E-state index >= 15 is 0 Å². The van der Waals surface area contributed by atoms with Crippen molar-refractivity contribution in [1.82, 2.24) is 9.97 Å². The van der Waals surface area contributed by atoms with Crippen LogP contribution in [0, 0.1) is 0 Å². The fraction of sp³-hybridized carbons (Fsp3) is 0.692. The molecule has 0 radical (unpaired) electrons. The molecule has 1 aromatic rings. The van der Waals surface area contributed by atoms with Gasteiger partial charge < -0.3 is 10.1 Å². The van der Waals surface area contributed by atoms with Crippen LogP contribution in [0.3, 0.4) is 0 Å². The van der Waals surface area contributed by atoms with Crippen LogP contribution in [0.25, 0.3) is 0 Å². The van der Waals surface area contributed by atoms with Gasteiger partial charge in [0.1, 0.15) is 11.6 Å². The average Bonchev–Trinajstić information content (AvgIpc) is 2.86. The van der Waals surface area contributed by atoms with E-state index in [2.05, 4.69) is 5.32 Å². The molecule has 1 fully saturated rings. The Morgan fingerprint density at radius 3 is 2.76 bits per heavy atom. The average molecular weight is 233 g/mol. The predicted octanol–water partition coefficient (Wildman–Crippen LogP) is 1.90. The molecule has 0 aromatic carbocycles. The van der Waals surface area contributed by atoms with Gasteiger partial charge in [0.2, 0.25) is 0 Å². The zero-order valence-electron chi connectivity index (χ0n) is 10.3. The molecule has 0 unspecified atom stereocenters. The van der Waals surface area contributed by atoms with Crippen LogP contribution in [-0.4, -0.2) is 30.2 Å². The summed E-state index contributed by atoms with van der Waals surface area (Å²) in [7, 11) is 1.95. The van der Waals surface area contributed by atoms with E-state index in [-0.39, 0.29) is 0 Å². The summed E-state index contributed by atoms with van der Waals surface area (Å²) >= 11 is 0. The van der Waals surface area contributed by atoms with Crippen LogP contribution in [0.4, 0.5) is 5.82 Å². The molecule has 1 aliphatic heterocycles. The van der Waals surface area contributed by atoms with Crippen molar-refractivity contribution in [1.29, 1.82) is 0 Å². The van der Waals surface area contributed by atoms with Gasteiger partial charge in [0, 0.05) is 37.4 Å². The number of aryl methyl sites for hydroxylation is 1. The van der Waals surface area contributed by atoms with E-state index in [1.165, 1.54) is 17.7 Å². The van der Waals surface area contributed by atoms with Crippen molar-refractivity contribution < 1.29 is 4.74 Å². The van der Waals surface area contributed by atoms with Gasteiger partial charge in [0.05, 0.1) is 0 Å². The van der Waals surface area contributed by atoms with Crippen molar-refractivity contribution in [3.05, 3.63) is 17.1 Å². The van der Waals surface area contributed by atoms with Crippen LogP contribution in [-0.2, 0) is 17.6 Å². The lowest BCUT2D eigenvalue weighted by Gasteiger charge is -2.22. The van der Waals surface area contributed by atoms with Crippen molar-refractivity contribution in [2.24, 2.45) is 0 Å². The highest BCUT2D eigenvalue weighted by atomic mass is 16.5. The fourth-order valence-corrected chi connectivity index (χ4v) is 2.80. The quantitative estimate of drug-likeness (QED) is 0.847. The number of aromatic nitrogens is 2. The van der Waals surface area contributed by atoms with Crippen molar-refractivity contribution in [2.45, 2.75) is 38.0 Å². The topological polar surface area (TPSA) is 47.0 Å². The molecule has 0 saturated carbocycles. The molecule has 0 atom stereocenters. The highest BCUT2D eigenvalue weighted by Gasteiger charge is 2.24. The molecule has 4 nitrogen and oxygen atoms in total. The Morgan fingerprint density at radius 1 is 1.18 bits per heavy atom. The second kappa shape index (κ2) is 4.61. The molecular formula is C13H19N3O. The van der Waals surface area contributed by atoms with E-state index in [1.54, 1.807) is 0 Å². The van der Waals surface area contributed by atoms with E-state index < -0.39 is 0 Å². The Balaban J connectivity index is 1.94. The lowest BCUT2D eigenvalue weighted by molar-refractivity contribution is 0.0835. The summed E-state index contributed by atoms with van der Waals surface area (Å²) in [4.78, 5) is 9.49. The highest BCUT2D eigenvalue weighted by molar-refractivity contribution is 5.48. The van der Waals surface area contributed by atoms with Gasteiger partial charge in [0.25, 0.3) is 0 Å². The molecule has 3 rings (SSSR count). The number of hydrogen-bond donors (Lipinski definition) is 1. The Labute approximate surface area is 102 Å². The maximum absolute atomic E-state index is 5.40. The molecule has 0 bridgehead atoms. The number of ether oxygens (including phenoxy) is 1. The first-order chi connectivity index (χ1) is 8.38. The van der Waals surface area contributed by atoms with E-state index in [9.17, 15) is 0 Å². The number of fused-ring (bicyclic) bond motifs is 1. The maximum atomic E-state index is 5.40. The van der Waals surface area contributed by atoms with Crippen LogP contribution in [0.5, 0.6) is 0 Å². The Hall–Kier alpha value is -1.16. The summed E-state index contributed by atoms with van der Waals surface area (Å²) < 4.78 is 5.40. The molecule has 1 aromatic heterocycles. The van der Waals surface area contributed by atoms with E-state index in [0.717, 1.165) is 50.5 Å². The van der Waals surface area contributed by atoms with Crippen LogP contribution in [0.1, 0.15) is 42.3 Å². The lowest BCUT2D eigenvalue weighted by atomic mass is 9.99. The highest BCUT2D eigenvalue weighted by Crippen LogP contribution is 2.30. The number of nitrogens with zero attached hydrogens (tertiary/aromatic N) is 2. The standard InChI is InChI=1S/C13H19N3O/c1-14-13-10-3-2-4-11(10)15-12(16-13)9-5-7-17-8-6-9/h9H,2-8H2,1H3,(H,14,15,16). The third-order valence-electron chi connectivity index (χ3n) is 3.77. The second-order valence-electron chi connectivity index (χ2n) is 4.85. The van der Waals surface area contributed by atoms with Gasteiger partial charge >= 0.3 is 0 Å². The first kappa shape index (κ1) is 11.0. The molecule has 92 valence electrons. The molecule has 17 heavy (non-hydrogen) atoms. The van der Waals surface area contributed by atoms with Crippen LogP contribution < -0.4 is 5.32 Å². The molecule has 4 heteroatoms. The van der Waals surface area contributed by atoms with Gasteiger partial charge in [-0.05, 0) is 32.1 Å². The molecule has 0 amide bonds. The predicted molar refractivity (Wildman–Crippen MR) is 66.4 cm³/mol. The Morgan fingerprint density at radius 2 is 2.00 bits per heavy atom. The van der Waals surface area contributed by atoms with Crippen molar-refractivity contribution in [3.63, 3.8) is 0 Å². The van der Waals surface area contributed by atoms with Gasteiger partial charge in [-0.1, -0.05) is 0 Å². The summed E-state index contributed by atoms with van der Waals surface area (Å²) in [5, 5.41) is 3.22. The molecule has 2 heterocycles. The van der Waals surface area contributed by atoms with Crippen molar-refractivity contribution >= 4 is 5.82 Å². The lowest BCUT2D eigenvalue weighted by Crippen LogP contribution is -2.18. The largest absolute Gasteiger partial charge is 0.381 e. The zero-order chi connectivity index (χ0) is 11.7. The minimum Gasteiger partial charge on any atom is -0.381 e. The first-order valence-electron chi connectivity index (χ1n) is 6.53. The van der Waals surface area contributed by atoms with Gasteiger partial charge in [-0.25, -0.2) is 9.97 Å². The van der Waals surface area contributed by atoms with Gasteiger partial charge in [-0.15, -0.1) is 0 Å². The minimum atomic E-state index is 0.488. The van der Waals surface area contributed by atoms with Crippen molar-refractivity contribution in [3.8, 4) is 0 Å². The molecular weight excluding hydrogens is 214 g/mol. The summed E-state index contributed by atoms with van der Waals surface area (Å²) in [6.45, 7) is 1.69. The smallest absolute Gasteiger partial charge is 0.134 e. The fourth-order valence-electron chi connectivity index (χ4n) is 2.80. The van der Waals surface area contributed by atoms with Crippen molar-refractivity contribution in [2.75, 3.05) is 25.6 Å².